The number of carbonyl (C=O) groups excluding carboxylic acids is 2. The standard InChI is InChI=1S/C22H26ClFN2O3/c1-14(2)25-22(28)16(4)26(12-17-5-7-18(24)8-6-17)21(27)13-29-19-9-10-20(23)15(3)11-19/h5-11,14,16H,12-13H2,1-4H3,(H,25,28). The molecule has 0 spiro atoms. The Hall–Kier alpha value is -2.60. The number of nitrogens with one attached hydrogen (secondary N) is 1. The van der Waals surface area contributed by atoms with Gasteiger partial charge >= 0.3 is 0 Å². The van der Waals surface area contributed by atoms with Crippen LogP contribution >= 0.6 is 11.6 Å². The van der Waals surface area contributed by atoms with Gasteiger partial charge in [-0.3, -0.25) is 9.59 Å². The van der Waals surface area contributed by atoms with Crippen LogP contribution in [-0.4, -0.2) is 35.4 Å². The Bertz CT molecular complexity index is 856. The molecule has 0 radical (unpaired) electrons. The van der Waals surface area contributed by atoms with Crippen LogP contribution in [0.1, 0.15) is 31.9 Å². The summed E-state index contributed by atoms with van der Waals surface area (Å²) in [6.07, 6.45) is 0. The normalized spacial score (nSPS) is 11.8. The third-order valence-corrected chi connectivity index (χ3v) is 4.78. The van der Waals surface area contributed by atoms with Crippen LogP contribution in [0.25, 0.3) is 0 Å². The highest BCUT2D eigenvalue weighted by Crippen LogP contribution is 2.21. The lowest BCUT2D eigenvalue weighted by molar-refractivity contribution is -0.142. The van der Waals surface area contributed by atoms with Gasteiger partial charge in [0.05, 0.1) is 0 Å². The molecule has 1 atom stereocenters. The third-order valence-electron chi connectivity index (χ3n) is 4.36. The van der Waals surface area contributed by atoms with Crippen LogP contribution in [0, 0.1) is 12.7 Å². The SMILES string of the molecule is Cc1cc(OCC(=O)N(Cc2ccc(F)cc2)C(C)C(=O)NC(C)C)ccc1Cl. The Labute approximate surface area is 175 Å². The molecule has 0 bridgehead atoms. The molecule has 2 aromatic carbocycles. The van der Waals surface area contributed by atoms with Crippen molar-refractivity contribution in [2.45, 2.75) is 46.3 Å². The Morgan fingerprint density at radius 3 is 2.38 bits per heavy atom. The van der Waals surface area contributed by atoms with Gasteiger partial charge in [-0.2, -0.15) is 0 Å². The minimum atomic E-state index is -0.717. The zero-order valence-corrected chi connectivity index (χ0v) is 17.8. The molecule has 0 fully saturated rings. The van der Waals surface area contributed by atoms with E-state index in [1.165, 1.54) is 17.0 Å². The molecule has 7 heteroatoms. The lowest BCUT2D eigenvalue weighted by Gasteiger charge is -2.29. The Kier molecular flexibility index (Phi) is 8.02. The van der Waals surface area contributed by atoms with Gasteiger partial charge in [-0.25, -0.2) is 4.39 Å². The smallest absolute Gasteiger partial charge is 0.261 e. The number of rotatable bonds is 8. The van der Waals surface area contributed by atoms with Crippen molar-refractivity contribution in [3.8, 4) is 5.75 Å². The molecule has 0 aliphatic heterocycles. The van der Waals surface area contributed by atoms with Gasteiger partial charge in [-0.05, 0) is 69.2 Å². The first kappa shape index (κ1) is 22.7. The molecule has 0 aliphatic rings. The molecular weight excluding hydrogens is 395 g/mol. The summed E-state index contributed by atoms with van der Waals surface area (Å²) in [4.78, 5) is 26.8. The van der Waals surface area contributed by atoms with Gasteiger partial charge in [0.1, 0.15) is 17.6 Å². The summed E-state index contributed by atoms with van der Waals surface area (Å²) >= 11 is 6.01. The van der Waals surface area contributed by atoms with Crippen molar-refractivity contribution in [3.05, 3.63) is 64.4 Å². The number of halogens is 2. The average molecular weight is 421 g/mol. The summed E-state index contributed by atoms with van der Waals surface area (Å²) in [6.45, 7) is 7.13. The lowest BCUT2D eigenvalue weighted by atomic mass is 10.1. The first-order valence-electron chi connectivity index (χ1n) is 9.40. The van der Waals surface area contributed by atoms with E-state index in [1.807, 2.05) is 20.8 Å². The topological polar surface area (TPSA) is 58.6 Å². The van der Waals surface area contributed by atoms with Gasteiger partial charge in [0.15, 0.2) is 6.61 Å². The van der Waals surface area contributed by atoms with Crippen molar-refractivity contribution < 1.29 is 18.7 Å². The van der Waals surface area contributed by atoms with E-state index in [2.05, 4.69) is 5.32 Å². The lowest BCUT2D eigenvalue weighted by Crippen LogP contribution is -2.50. The van der Waals surface area contributed by atoms with Crippen molar-refractivity contribution in [1.29, 1.82) is 0 Å². The summed E-state index contributed by atoms with van der Waals surface area (Å²) in [6, 6.07) is 10.2. The fourth-order valence-corrected chi connectivity index (χ4v) is 2.83. The maximum absolute atomic E-state index is 13.2. The summed E-state index contributed by atoms with van der Waals surface area (Å²) < 4.78 is 18.8. The minimum Gasteiger partial charge on any atom is -0.484 e. The molecule has 5 nitrogen and oxygen atoms in total. The van der Waals surface area contributed by atoms with Gasteiger partial charge < -0.3 is 15.0 Å². The molecular formula is C22H26ClFN2O3. The fraction of sp³-hybridized carbons (Fsp3) is 0.364. The van der Waals surface area contributed by atoms with Crippen molar-refractivity contribution in [1.82, 2.24) is 10.2 Å². The Morgan fingerprint density at radius 1 is 1.14 bits per heavy atom. The molecule has 0 aliphatic carbocycles. The molecule has 156 valence electrons. The molecule has 29 heavy (non-hydrogen) atoms. The second-order valence-electron chi connectivity index (χ2n) is 7.19. The molecule has 1 unspecified atom stereocenters. The van der Waals surface area contributed by atoms with Crippen molar-refractivity contribution in [2.24, 2.45) is 0 Å². The van der Waals surface area contributed by atoms with Crippen molar-refractivity contribution in [2.75, 3.05) is 6.61 Å². The first-order valence-corrected chi connectivity index (χ1v) is 9.78. The summed E-state index contributed by atoms with van der Waals surface area (Å²) in [7, 11) is 0. The molecule has 0 saturated heterocycles. The summed E-state index contributed by atoms with van der Waals surface area (Å²) in [5, 5.41) is 3.42. The maximum Gasteiger partial charge on any atom is 0.261 e. The molecule has 0 saturated carbocycles. The minimum absolute atomic E-state index is 0.0546. The van der Waals surface area contributed by atoms with Gasteiger partial charge in [-0.15, -0.1) is 0 Å². The number of hydrogen-bond acceptors (Lipinski definition) is 3. The highest BCUT2D eigenvalue weighted by atomic mass is 35.5. The second-order valence-corrected chi connectivity index (χ2v) is 7.59. The van der Waals surface area contributed by atoms with Crippen LogP contribution in [0.5, 0.6) is 5.75 Å². The fourth-order valence-electron chi connectivity index (χ4n) is 2.71. The number of aryl methyl sites for hydroxylation is 1. The molecule has 2 amide bonds. The molecule has 1 N–H and O–H groups in total. The molecule has 2 aromatic rings. The van der Waals surface area contributed by atoms with E-state index in [0.717, 1.165) is 5.56 Å². The van der Waals surface area contributed by atoms with Crippen LogP contribution in [0.2, 0.25) is 5.02 Å². The zero-order valence-electron chi connectivity index (χ0n) is 17.0. The van der Waals surface area contributed by atoms with E-state index >= 15 is 0 Å². The van der Waals surface area contributed by atoms with Crippen molar-refractivity contribution in [3.63, 3.8) is 0 Å². The molecule has 0 aromatic heterocycles. The molecule has 2 rings (SSSR count). The van der Waals surface area contributed by atoms with Crippen LogP contribution < -0.4 is 10.1 Å². The number of benzene rings is 2. The average Bonchev–Trinajstić information content (AvgIpc) is 2.67. The monoisotopic (exact) mass is 420 g/mol. The van der Waals surface area contributed by atoms with Gasteiger partial charge in [0.2, 0.25) is 5.91 Å². The maximum atomic E-state index is 13.2. The second kappa shape index (κ2) is 10.3. The van der Waals surface area contributed by atoms with E-state index in [0.29, 0.717) is 16.3 Å². The molecule has 0 heterocycles. The summed E-state index contributed by atoms with van der Waals surface area (Å²) in [5.41, 5.74) is 1.55. The van der Waals surface area contributed by atoms with E-state index < -0.39 is 6.04 Å². The quantitative estimate of drug-likeness (QED) is 0.699. The van der Waals surface area contributed by atoms with Gasteiger partial charge in [0.25, 0.3) is 5.91 Å². The third kappa shape index (κ3) is 6.75. The number of ether oxygens (including phenoxy) is 1. The van der Waals surface area contributed by atoms with Crippen molar-refractivity contribution >= 4 is 23.4 Å². The summed E-state index contributed by atoms with van der Waals surface area (Å²) in [5.74, 6) is -0.467. The van der Waals surface area contributed by atoms with E-state index in [-0.39, 0.29) is 36.8 Å². The zero-order chi connectivity index (χ0) is 21.6. The first-order chi connectivity index (χ1) is 13.7. The number of nitrogens with zero attached hydrogens (tertiary/aromatic N) is 1. The van der Waals surface area contributed by atoms with E-state index in [9.17, 15) is 14.0 Å². The van der Waals surface area contributed by atoms with Crippen LogP contribution in [0.3, 0.4) is 0 Å². The van der Waals surface area contributed by atoms with E-state index in [1.54, 1.807) is 37.3 Å². The number of hydrogen-bond donors (Lipinski definition) is 1. The van der Waals surface area contributed by atoms with E-state index in [4.69, 9.17) is 16.3 Å². The highest BCUT2D eigenvalue weighted by molar-refractivity contribution is 6.31. The van der Waals surface area contributed by atoms with Gasteiger partial charge in [0, 0.05) is 17.6 Å². The van der Waals surface area contributed by atoms with Gasteiger partial charge in [-0.1, -0.05) is 23.7 Å². The largest absolute Gasteiger partial charge is 0.484 e. The predicted octanol–water partition coefficient (Wildman–Crippen LogP) is 4.11. The van der Waals surface area contributed by atoms with Crippen LogP contribution in [-0.2, 0) is 16.1 Å². The van der Waals surface area contributed by atoms with Crippen LogP contribution in [0.4, 0.5) is 4.39 Å². The predicted molar refractivity (Wildman–Crippen MR) is 111 cm³/mol. The highest BCUT2D eigenvalue weighted by Gasteiger charge is 2.27. The number of carbonyl (C=O) groups is 2. The van der Waals surface area contributed by atoms with Crippen LogP contribution in [0.15, 0.2) is 42.5 Å². The Morgan fingerprint density at radius 2 is 1.79 bits per heavy atom. The number of amides is 2. The Balaban J connectivity index is 2.15.